The van der Waals surface area contributed by atoms with Gasteiger partial charge in [-0.25, -0.2) is 0 Å². The minimum absolute atomic E-state index is 0. The molecule has 0 heterocycles. The number of unbranched alkanes of at least 4 members (excludes halogenated alkanes) is 4. The van der Waals surface area contributed by atoms with Gasteiger partial charge < -0.3 is 25.0 Å². The second-order valence-electron chi connectivity index (χ2n) is 6.65. The van der Waals surface area contributed by atoms with Gasteiger partial charge in [0.1, 0.15) is 0 Å². The lowest BCUT2D eigenvalue weighted by Gasteiger charge is -2.39. The second kappa shape index (κ2) is 18.7. The van der Waals surface area contributed by atoms with Crippen molar-refractivity contribution in [1.29, 1.82) is 0 Å². The van der Waals surface area contributed by atoms with E-state index in [1.165, 1.54) is 82.0 Å². The van der Waals surface area contributed by atoms with E-state index in [2.05, 4.69) is 27.7 Å². The lowest BCUT2D eigenvalue weighted by Crippen LogP contribution is -2.50. The van der Waals surface area contributed by atoms with Crippen LogP contribution in [0.15, 0.2) is 0 Å². The topological polar surface area (TPSA) is 90.4 Å². The van der Waals surface area contributed by atoms with Gasteiger partial charge >= 0.3 is 0 Å². The Kier molecular flexibility index (Phi) is 21.9. The number of aliphatic hydroxyl groups excluding tert-OH is 1. The summed E-state index contributed by atoms with van der Waals surface area (Å²) in [5, 5.41) is 17.3. The van der Waals surface area contributed by atoms with Crippen molar-refractivity contribution in [2.45, 2.75) is 92.1 Å². The molecule has 0 amide bonds. The quantitative estimate of drug-likeness (QED) is 0.518. The number of hydrogen-bond acceptors (Lipinski definition) is 4. The van der Waals surface area contributed by atoms with E-state index in [9.17, 15) is 9.90 Å². The molecule has 0 fully saturated rings. The Morgan fingerprint density at radius 1 is 0.833 bits per heavy atom. The predicted octanol–water partition coefficient (Wildman–Crippen LogP) is 2.94. The Bertz CT molecular complexity index is 233. The first-order valence-electron chi connectivity index (χ1n) is 9.63. The molecule has 0 spiro atoms. The molecule has 148 valence electrons. The van der Waals surface area contributed by atoms with Gasteiger partial charge in [0.25, 0.3) is 0 Å². The highest BCUT2D eigenvalue weighted by molar-refractivity contribution is 5.68. The Hall–Kier alpha value is -0.650. The summed E-state index contributed by atoms with van der Waals surface area (Å²) in [6.45, 7) is 16.2. The van der Waals surface area contributed by atoms with E-state index in [1.807, 2.05) is 0 Å². The lowest BCUT2D eigenvalue weighted by molar-refractivity contribution is -0.929. The first-order valence-corrected chi connectivity index (χ1v) is 9.63. The summed E-state index contributed by atoms with van der Waals surface area (Å²) in [5.41, 5.74) is 0. The molecule has 5 nitrogen and oxygen atoms in total. The molecule has 0 aliphatic heterocycles. The van der Waals surface area contributed by atoms with Crippen LogP contribution in [0.25, 0.3) is 0 Å². The van der Waals surface area contributed by atoms with Crippen LogP contribution in [0.3, 0.4) is 0 Å². The summed E-state index contributed by atoms with van der Waals surface area (Å²) in [7, 11) is 0. The summed E-state index contributed by atoms with van der Waals surface area (Å²) >= 11 is 0. The van der Waals surface area contributed by atoms with Crippen molar-refractivity contribution in [2.75, 3.05) is 26.2 Å². The number of nitrogens with zero attached hydrogens (tertiary/aromatic N) is 1. The molecule has 0 bridgehead atoms. The molecule has 2 N–H and O–H groups in total. The summed E-state index contributed by atoms with van der Waals surface area (Å²) < 4.78 is 1.42. The fourth-order valence-corrected chi connectivity index (χ4v) is 2.64. The normalized spacial score (nSPS) is 11.9. The van der Waals surface area contributed by atoms with Crippen molar-refractivity contribution in [3.05, 3.63) is 0 Å². The Balaban J connectivity index is -0.000000538. The maximum Gasteiger partial charge on any atom is 0.0905 e. The van der Waals surface area contributed by atoms with Gasteiger partial charge in [0, 0.05) is 0 Å². The van der Waals surface area contributed by atoms with Crippen LogP contribution in [0, 0.1) is 0 Å². The molecule has 0 aromatic carbocycles. The molecule has 0 saturated heterocycles. The van der Waals surface area contributed by atoms with Gasteiger partial charge in [-0.1, -0.05) is 53.4 Å². The van der Waals surface area contributed by atoms with Crippen molar-refractivity contribution < 1.29 is 25.0 Å². The summed E-state index contributed by atoms with van der Waals surface area (Å²) in [6.07, 6.45) is 9.72. The largest absolute Gasteiger partial charge is 0.870 e. The Morgan fingerprint density at radius 2 is 1.04 bits per heavy atom. The van der Waals surface area contributed by atoms with Crippen molar-refractivity contribution in [3.8, 4) is 0 Å². The van der Waals surface area contributed by atoms with Gasteiger partial charge in [-0.2, -0.15) is 0 Å². The van der Waals surface area contributed by atoms with E-state index >= 15 is 0 Å². The van der Waals surface area contributed by atoms with Crippen molar-refractivity contribution in [3.63, 3.8) is 0 Å². The number of aliphatic carboxylic acids is 1. The number of carboxylic acid groups (broad SMARTS) is 1. The first-order chi connectivity index (χ1) is 10.9. The predicted molar refractivity (Wildman–Crippen MR) is 98.0 cm³/mol. The van der Waals surface area contributed by atoms with E-state index < -0.39 is 12.1 Å². The van der Waals surface area contributed by atoms with Crippen LogP contribution in [0.5, 0.6) is 0 Å². The lowest BCUT2D eigenvalue weighted by atomic mass is 10.1. The van der Waals surface area contributed by atoms with Crippen LogP contribution in [0.4, 0.5) is 0 Å². The molecule has 0 radical (unpaired) electrons. The number of carbonyl (C=O) groups excluding carboxylic acids is 1. The first kappa shape index (κ1) is 28.2. The third-order valence-electron chi connectivity index (χ3n) is 4.29. The average Bonchev–Trinajstić information content (AvgIpc) is 2.54. The van der Waals surface area contributed by atoms with Crippen molar-refractivity contribution in [1.82, 2.24) is 0 Å². The average molecular weight is 349 g/mol. The van der Waals surface area contributed by atoms with E-state index in [4.69, 9.17) is 5.11 Å². The van der Waals surface area contributed by atoms with Gasteiger partial charge in [0.2, 0.25) is 0 Å². The number of quaternary nitrogens is 1. The summed E-state index contributed by atoms with van der Waals surface area (Å²) in [6, 6.07) is 0. The fraction of sp³-hybridized carbons (Fsp3) is 0.947. The SMILES string of the molecule is CC(O)C(=O)[O-].CCCC[N+](CCCC)(CCCC)CCCC.[OH-]. The summed E-state index contributed by atoms with van der Waals surface area (Å²) in [5.74, 6) is -1.44. The molecule has 0 aromatic heterocycles. The van der Waals surface area contributed by atoms with Crippen LogP contribution in [-0.2, 0) is 4.79 Å². The zero-order valence-electron chi connectivity index (χ0n) is 16.7. The third-order valence-corrected chi connectivity index (χ3v) is 4.29. The standard InChI is InChI=1S/C16H36N.C3H6O3.H2O/c1-5-9-13-17(14-10-6-2,15-11-7-3)16-12-8-4;1-2(4)3(5)6;/h5-16H2,1-4H3;2,4H,1H3,(H,5,6);1H2/q+1;;/p-2. The molecule has 0 aliphatic carbocycles. The third kappa shape index (κ3) is 16.2. The number of rotatable bonds is 13. The highest BCUT2D eigenvalue weighted by Crippen LogP contribution is 2.16. The van der Waals surface area contributed by atoms with Gasteiger partial charge in [0.05, 0.1) is 38.3 Å². The summed E-state index contributed by atoms with van der Waals surface area (Å²) in [4.78, 5) is 9.34. The number of carbonyl (C=O) groups is 1. The van der Waals surface area contributed by atoms with Crippen LogP contribution in [-0.4, -0.2) is 53.3 Å². The number of aliphatic hydroxyl groups is 1. The van der Waals surface area contributed by atoms with Crippen LogP contribution >= 0.6 is 0 Å². The smallest absolute Gasteiger partial charge is 0.0905 e. The zero-order valence-corrected chi connectivity index (χ0v) is 16.7. The number of carboxylic acids is 1. The molecule has 0 aromatic rings. The van der Waals surface area contributed by atoms with Crippen molar-refractivity contribution in [2.24, 2.45) is 0 Å². The highest BCUT2D eigenvalue weighted by Gasteiger charge is 2.24. The zero-order chi connectivity index (χ0) is 18.1. The molecule has 0 rings (SSSR count). The van der Waals surface area contributed by atoms with Crippen molar-refractivity contribution >= 4 is 5.97 Å². The molecule has 5 heteroatoms. The minimum Gasteiger partial charge on any atom is -0.870 e. The minimum atomic E-state index is -1.44. The maximum atomic E-state index is 9.34. The molecule has 0 aliphatic rings. The number of hydrogen-bond donors (Lipinski definition) is 1. The van der Waals surface area contributed by atoms with Crippen LogP contribution < -0.4 is 5.11 Å². The molecular weight excluding hydrogens is 306 g/mol. The Labute approximate surface area is 150 Å². The van der Waals surface area contributed by atoms with Gasteiger partial charge in [-0.15, -0.1) is 0 Å². The van der Waals surface area contributed by atoms with E-state index in [0.717, 1.165) is 6.92 Å². The van der Waals surface area contributed by atoms with Crippen LogP contribution in [0.2, 0.25) is 0 Å². The molecule has 1 unspecified atom stereocenters. The molecule has 24 heavy (non-hydrogen) atoms. The fourth-order valence-electron chi connectivity index (χ4n) is 2.64. The van der Waals surface area contributed by atoms with Crippen LogP contribution in [0.1, 0.15) is 86.0 Å². The van der Waals surface area contributed by atoms with Gasteiger partial charge in [-0.05, 0) is 32.6 Å². The van der Waals surface area contributed by atoms with E-state index in [1.54, 1.807) is 0 Å². The molecular formula is C19H42NO4-. The van der Waals surface area contributed by atoms with E-state index in [0.29, 0.717) is 0 Å². The maximum absolute atomic E-state index is 9.34. The van der Waals surface area contributed by atoms with Gasteiger partial charge in [-0.3, -0.25) is 0 Å². The molecule has 1 atom stereocenters. The van der Waals surface area contributed by atoms with E-state index in [-0.39, 0.29) is 5.48 Å². The molecule has 0 saturated carbocycles. The highest BCUT2D eigenvalue weighted by atomic mass is 16.4. The monoisotopic (exact) mass is 348 g/mol. The second-order valence-corrected chi connectivity index (χ2v) is 6.65. The van der Waals surface area contributed by atoms with Gasteiger partial charge in [0.15, 0.2) is 0 Å². The Morgan fingerprint density at radius 3 is 1.17 bits per heavy atom.